The van der Waals surface area contributed by atoms with E-state index in [0.717, 1.165) is 0 Å². The Morgan fingerprint density at radius 3 is 2.86 bits per heavy atom. The minimum absolute atomic E-state index is 0.0496. The number of carbonyl (C=O) groups is 2. The van der Waals surface area contributed by atoms with Gasteiger partial charge >= 0.3 is 12.0 Å². The van der Waals surface area contributed by atoms with Crippen molar-refractivity contribution in [2.75, 3.05) is 11.9 Å². The van der Waals surface area contributed by atoms with Gasteiger partial charge in [-0.1, -0.05) is 16.8 Å². The highest BCUT2D eigenvalue weighted by Gasteiger charge is 2.13. The van der Waals surface area contributed by atoms with Gasteiger partial charge in [-0.15, -0.1) is 0 Å². The molecule has 0 aliphatic heterocycles. The number of carboxylic acid groups (broad SMARTS) is 1. The van der Waals surface area contributed by atoms with Crippen LogP contribution in [0.5, 0.6) is 0 Å². The van der Waals surface area contributed by atoms with E-state index in [9.17, 15) is 9.59 Å². The lowest BCUT2D eigenvalue weighted by Gasteiger charge is -2.09. The fourth-order valence-corrected chi connectivity index (χ4v) is 1.73. The van der Waals surface area contributed by atoms with Gasteiger partial charge in [-0.05, 0) is 18.2 Å². The number of nitrogens with one attached hydrogen (secondary N) is 2. The summed E-state index contributed by atoms with van der Waals surface area (Å²) in [5, 5.41) is 17.8. The Morgan fingerprint density at radius 2 is 2.19 bits per heavy atom. The van der Waals surface area contributed by atoms with Gasteiger partial charge in [0.25, 0.3) is 0 Å². The van der Waals surface area contributed by atoms with E-state index in [4.69, 9.17) is 21.2 Å². The third kappa shape index (κ3) is 4.18. The number of nitrogens with zero attached hydrogens (tertiary/aromatic N) is 2. The van der Waals surface area contributed by atoms with E-state index < -0.39 is 12.0 Å². The molecule has 1 aromatic carbocycles. The molecule has 0 radical (unpaired) electrons. The third-order valence-electron chi connectivity index (χ3n) is 2.49. The number of aromatic carboxylic acids is 1. The number of hydrogen-bond donors (Lipinski definition) is 3. The number of carbonyl (C=O) groups excluding carboxylic acids is 1. The summed E-state index contributed by atoms with van der Waals surface area (Å²) < 4.78 is 4.77. The Bertz CT molecular complexity index is 645. The lowest BCUT2D eigenvalue weighted by atomic mass is 10.2. The van der Waals surface area contributed by atoms with Crippen molar-refractivity contribution >= 4 is 29.3 Å². The summed E-state index contributed by atoms with van der Waals surface area (Å²) in [5.41, 5.74) is 0.0664. The normalized spacial score (nSPS) is 10.1. The molecule has 21 heavy (non-hydrogen) atoms. The van der Waals surface area contributed by atoms with Gasteiger partial charge in [0.1, 0.15) is 0 Å². The Hall–Kier alpha value is -2.61. The monoisotopic (exact) mass is 310 g/mol. The van der Waals surface area contributed by atoms with Crippen LogP contribution in [0.4, 0.5) is 10.5 Å². The molecule has 9 heteroatoms. The van der Waals surface area contributed by atoms with Crippen LogP contribution in [0, 0.1) is 0 Å². The maximum atomic E-state index is 11.7. The zero-order chi connectivity index (χ0) is 15.2. The van der Waals surface area contributed by atoms with Crippen LogP contribution in [0.2, 0.25) is 5.02 Å². The van der Waals surface area contributed by atoms with Crippen LogP contribution in [0.25, 0.3) is 0 Å². The van der Waals surface area contributed by atoms with Crippen LogP contribution in [0.15, 0.2) is 29.0 Å². The topological polar surface area (TPSA) is 117 Å². The van der Waals surface area contributed by atoms with Crippen LogP contribution in [0.1, 0.15) is 16.2 Å². The van der Waals surface area contributed by atoms with Crippen LogP contribution in [0.3, 0.4) is 0 Å². The molecule has 2 rings (SSSR count). The maximum Gasteiger partial charge on any atom is 0.337 e. The van der Waals surface area contributed by atoms with Gasteiger partial charge in [-0.3, -0.25) is 0 Å². The maximum absolute atomic E-state index is 11.7. The number of aromatic nitrogens is 2. The van der Waals surface area contributed by atoms with Gasteiger partial charge in [-0.25, -0.2) is 9.59 Å². The van der Waals surface area contributed by atoms with E-state index in [1.165, 1.54) is 24.5 Å². The largest absolute Gasteiger partial charge is 0.478 e. The second-order valence-corrected chi connectivity index (χ2v) is 4.40. The summed E-state index contributed by atoms with van der Waals surface area (Å²) in [6.07, 6.45) is 1.63. The SMILES string of the molecule is O=C(NCCc1ncno1)Nc1cc(Cl)ccc1C(=O)O. The molecule has 1 heterocycles. The number of amides is 2. The molecule has 0 saturated carbocycles. The predicted octanol–water partition coefficient (Wildman–Crippen LogP) is 1.79. The number of rotatable bonds is 5. The van der Waals surface area contributed by atoms with Gasteiger partial charge in [0, 0.05) is 18.0 Å². The Kier molecular flexibility index (Phi) is 4.72. The zero-order valence-corrected chi connectivity index (χ0v) is 11.4. The van der Waals surface area contributed by atoms with Gasteiger partial charge in [0.15, 0.2) is 6.33 Å². The van der Waals surface area contributed by atoms with Crippen molar-refractivity contribution in [3.05, 3.63) is 41.0 Å². The van der Waals surface area contributed by atoms with Crippen LogP contribution >= 0.6 is 11.6 Å². The van der Waals surface area contributed by atoms with Gasteiger partial charge in [0.2, 0.25) is 5.89 Å². The summed E-state index contributed by atoms with van der Waals surface area (Å²) in [6, 6.07) is 3.56. The highest BCUT2D eigenvalue weighted by Crippen LogP contribution is 2.21. The standard InChI is InChI=1S/C12H11ClN4O4/c13-7-1-2-8(11(18)19)9(5-7)17-12(20)14-4-3-10-15-6-16-21-10/h1-2,5-6H,3-4H2,(H,18,19)(H2,14,17,20). The second-order valence-electron chi connectivity index (χ2n) is 3.96. The Balaban J connectivity index is 1.93. The van der Waals surface area contributed by atoms with Crippen molar-refractivity contribution in [1.29, 1.82) is 0 Å². The first-order valence-corrected chi connectivity index (χ1v) is 6.27. The van der Waals surface area contributed by atoms with Crippen molar-refractivity contribution < 1.29 is 19.2 Å². The van der Waals surface area contributed by atoms with E-state index in [0.29, 0.717) is 17.3 Å². The smallest absolute Gasteiger partial charge is 0.337 e. The van der Waals surface area contributed by atoms with E-state index in [-0.39, 0.29) is 17.8 Å². The molecule has 2 aromatic rings. The van der Waals surface area contributed by atoms with Crippen molar-refractivity contribution in [3.63, 3.8) is 0 Å². The summed E-state index contributed by atoms with van der Waals surface area (Å²) in [4.78, 5) is 26.5. The summed E-state index contributed by atoms with van der Waals surface area (Å²) >= 11 is 5.78. The number of benzene rings is 1. The molecule has 0 fully saturated rings. The van der Waals surface area contributed by atoms with Gasteiger partial charge < -0.3 is 20.3 Å². The number of anilines is 1. The fourth-order valence-electron chi connectivity index (χ4n) is 1.56. The van der Waals surface area contributed by atoms with Crippen molar-refractivity contribution in [3.8, 4) is 0 Å². The first kappa shape index (κ1) is 14.8. The van der Waals surface area contributed by atoms with Crippen molar-refractivity contribution in [2.45, 2.75) is 6.42 Å². The quantitative estimate of drug-likeness (QED) is 0.775. The molecule has 0 bridgehead atoms. The van der Waals surface area contributed by atoms with E-state index in [1.807, 2.05) is 0 Å². The van der Waals surface area contributed by atoms with Crippen molar-refractivity contribution in [2.24, 2.45) is 0 Å². The highest BCUT2D eigenvalue weighted by molar-refractivity contribution is 6.31. The van der Waals surface area contributed by atoms with E-state index >= 15 is 0 Å². The highest BCUT2D eigenvalue weighted by atomic mass is 35.5. The molecule has 110 valence electrons. The summed E-state index contributed by atoms with van der Waals surface area (Å²) in [7, 11) is 0. The van der Waals surface area contributed by atoms with Gasteiger partial charge in [0.05, 0.1) is 11.3 Å². The first-order valence-electron chi connectivity index (χ1n) is 5.89. The molecule has 8 nitrogen and oxygen atoms in total. The molecule has 3 N–H and O–H groups in total. The summed E-state index contributed by atoms with van der Waals surface area (Å²) in [6.45, 7) is 0.261. The molecular formula is C12H11ClN4O4. The third-order valence-corrected chi connectivity index (χ3v) is 2.73. The average Bonchev–Trinajstić information content (AvgIpc) is 2.91. The molecule has 0 atom stereocenters. The second kappa shape index (κ2) is 6.71. The zero-order valence-electron chi connectivity index (χ0n) is 10.7. The van der Waals surface area contributed by atoms with E-state index in [1.54, 1.807) is 0 Å². The van der Waals surface area contributed by atoms with Crippen molar-refractivity contribution in [1.82, 2.24) is 15.5 Å². The molecule has 0 aliphatic carbocycles. The minimum Gasteiger partial charge on any atom is -0.478 e. The molecule has 2 amide bonds. The number of urea groups is 1. The minimum atomic E-state index is -1.16. The molecule has 1 aromatic heterocycles. The van der Waals surface area contributed by atoms with Crippen LogP contribution < -0.4 is 10.6 Å². The molecule has 0 unspecified atom stereocenters. The fraction of sp³-hybridized carbons (Fsp3) is 0.167. The van der Waals surface area contributed by atoms with E-state index in [2.05, 4.69) is 20.8 Å². The first-order chi connectivity index (χ1) is 10.1. The number of carboxylic acids is 1. The Morgan fingerprint density at radius 1 is 1.38 bits per heavy atom. The molecule has 0 spiro atoms. The number of halogens is 1. The van der Waals surface area contributed by atoms with Crippen LogP contribution in [-0.4, -0.2) is 33.8 Å². The average molecular weight is 311 g/mol. The van der Waals surface area contributed by atoms with Gasteiger partial charge in [-0.2, -0.15) is 4.98 Å². The predicted molar refractivity (Wildman–Crippen MR) is 73.4 cm³/mol. The molecular weight excluding hydrogens is 300 g/mol. The summed E-state index contributed by atoms with van der Waals surface area (Å²) in [5.74, 6) is -0.767. The molecule has 0 aliphatic rings. The lowest BCUT2D eigenvalue weighted by Crippen LogP contribution is -2.31. The Labute approximate surface area is 124 Å². The van der Waals surface area contributed by atoms with Crippen LogP contribution in [-0.2, 0) is 6.42 Å². The molecule has 0 saturated heterocycles. The lowest BCUT2D eigenvalue weighted by molar-refractivity contribution is 0.0698. The number of hydrogen-bond acceptors (Lipinski definition) is 5.